The van der Waals surface area contributed by atoms with Gasteiger partial charge in [-0.05, 0) is 43.2 Å². The van der Waals surface area contributed by atoms with Gasteiger partial charge in [-0.1, -0.05) is 12.1 Å². The van der Waals surface area contributed by atoms with Crippen LogP contribution in [0.4, 0.5) is 5.69 Å². The predicted molar refractivity (Wildman–Crippen MR) is 87.7 cm³/mol. The highest BCUT2D eigenvalue weighted by atomic mass is 32.2. The maximum atomic E-state index is 12.3. The maximum Gasteiger partial charge on any atom is 0.339 e. The van der Waals surface area contributed by atoms with E-state index in [2.05, 4.69) is 0 Å². The van der Waals surface area contributed by atoms with Crippen LogP contribution in [0, 0.1) is 17.0 Å². The molecule has 0 atom stereocenters. The highest BCUT2D eigenvalue weighted by Crippen LogP contribution is 2.24. The van der Waals surface area contributed by atoms with E-state index in [-0.39, 0.29) is 21.9 Å². The van der Waals surface area contributed by atoms with E-state index in [9.17, 15) is 18.5 Å². The van der Waals surface area contributed by atoms with E-state index >= 15 is 0 Å². The molecular weight excluding hydrogens is 334 g/mol. The first kappa shape index (κ1) is 17.9. The topological polar surface area (TPSA) is 95.7 Å². The van der Waals surface area contributed by atoms with E-state index < -0.39 is 15.0 Å². The summed E-state index contributed by atoms with van der Waals surface area (Å²) in [6.45, 7) is 2.04. The summed E-state index contributed by atoms with van der Waals surface area (Å²) in [6.07, 6.45) is 0.713. The number of methoxy groups -OCH3 is 1. The molecule has 8 heteroatoms. The Kier molecular flexibility index (Phi) is 5.53. The summed E-state index contributed by atoms with van der Waals surface area (Å²) in [7, 11) is -2.45. The molecule has 24 heavy (non-hydrogen) atoms. The van der Waals surface area contributed by atoms with Crippen LogP contribution in [-0.2, 0) is 21.3 Å². The van der Waals surface area contributed by atoms with Crippen molar-refractivity contribution >= 4 is 15.8 Å². The summed E-state index contributed by atoms with van der Waals surface area (Å²) in [6, 6.07) is 10.2. The third kappa shape index (κ3) is 4.30. The average molecular weight is 351 g/mol. The number of ether oxygens (including phenoxy) is 1. The molecule has 2 aromatic rings. The fourth-order valence-corrected chi connectivity index (χ4v) is 3.11. The van der Waals surface area contributed by atoms with Crippen molar-refractivity contribution in [2.45, 2.75) is 18.2 Å². The minimum absolute atomic E-state index is 0.131. The highest BCUT2D eigenvalue weighted by Gasteiger charge is 2.20. The van der Waals surface area contributed by atoms with Crippen molar-refractivity contribution in [3.8, 4) is 5.75 Å². The molecule has 0 bridgehead atoms. The molecule has 2 aromatic carbocycles. The van der Waals surface area contributed by atoms with Gasteiger partial charge in [0.2, 0.25) is 0 Å². The Morgan fingerprint density at radius 3 is 2.33 bits per heavy atom. The lowest BCUT2D eigenvalue weighted by Gasteiger charge is -2.08. The average Bonchev–Trinajstić information content (AvgIpc) is 2.53. The van der Waals surface area contributed by atoms with Crippen LogP contribution in [0.5, 0.6) is 5.75 Å². The number of hydrogen-bond donors (Lipinski definition) is 0. The van der Waals surface area contributed by atoms with E-state index in [0.29, 0.717) is 13.0 Å². The minimum atomic E-state index is -4.06. The van der Waals surface area contributed by atoms with Crippen LogP contribution in [0.3, 0.4) is 0 Å². The van der Waals surface area contributed by atoms with Crippen LogP contribution in [0.15, 0.2) is 47.4 Å². The van der Waals surface area contributed by atoms with Gasteiger partial charge in [-0.25, -0.2) is 0 Å². The van der Waals surface area contributed by atoms with Crippen molar-refractivity contribution < 1.29 is 22.3 Å². The van der Waals surface area contributed by atoms with Crippen LogP contribution in [0.2, 0.25) is 0 Å². The number of aryl methyl sites for hydroxylation is 1. The van der Waals surface area contributed by atoms with Crippen LogP contribution in [0.25, 0.3) is 0 Å². The molecule has 0 spiro atoms. The Hall–Kier alpha value is -2.45. The van der Waals surface area contributed by atoms with Crippen LogP contribution < -0.4 is 4.18 Å². The molecule has 0 amide bonds. The van der Waals surface area contributed by atoms with Gasteiger partial charge in [-0.3, -0.25) is 10.1 Å². The summed E-state index contributed by atoms with van der Waals surface area (Å²) < 4.78 is 34.6. The van der Waals surface area contributed by atoms with Gasteiger partial charge in [0, 0.05) is 18.7 Å². The second kappa shape index (κ2) is 7.41. The molecule has 0 radical (unpaired) electrons. The standard InChI is InChI=1S/C16H17NO6S/c1-12-11-15(7-8-16(12)17(18)19)24(20,21)23-14-5-3-13(4-6-14)9-10-22-2/h3-8,11H,9-10H2,1-2H3. The first-order chi connectivity index (χ1) is 11.3. The summed E-state index contributed by atoms with van der Waals surface area (Å²) in [5, 5.41) is 10.8. The molecule has 128 valence electrons. The van der Waals surface area contributed by atoms with Gasteiger partial charge in [-0.2, -0.15) is 8.42 Å². The monoisotopic (exact) mass is 351 g/mol. The quantitative estimate of drug-likeness (QED) is 0.432. The van der Waals surface area contributed by atoms with Crippen molar-refractivity contribution in [2.24, 2.45) is 0 Å². The van der Waals surface area contributed by atoms with Gasteiger partial charge >= 0.3 is 10.1 Å². The van der Waals surface area contributed by atoms with E-state index in [1.807, 2.05) is 0 Å². The number of nitro groups is 1. The molecule has 0 aromatic heterocycles. The summed E-state index contributed by atoms with van der Waals surface area (Å²) in [5.74, 6) is 0.173. The van der Waals surface area contributed by atoms with Crippen molar-refractivity contribution in [2.75, 3.05) is 13.7 Å². The summed E-state index contributed by atoms with van der Waals surface area (Å²) in [4.78, 5) is 10.1. The zero-order valence-corrected chi connectivity index (χ0v) is 14.1. The largest absolute Gasteiger partial charge is 0.384 e. The molecule has 0 aliphatic rings. The molecule has 0 unspecified atom stereocenters. The van der Waals surface area contributed by atoms with Gasteiger partial charge < -0.3 is 8.92 Å². The Balaban J connectivity index is 2.19. The van der Waals surface area contributed by atoms with E-state index in [1.54, 1.807) is 31.4 Å². The normalized spacial score (nSPS) is 11.2. The molecule has 0 aliphatic carbocycles. The van der Waals surface area contributed by atoms with Crippen molar-refractivity contribution in [3.05, 3.63) is 63.7 Å². The molecule has 0 heterocycles. The number of nitrogens with zero attached hydrogens (tertiary/aromatic N) is 1. The van der Waals surface area contributed by atoms with E-state index in [4.69, 9.17) is 8.92 Å². The minimum Gasteiger partial charge on any atom is -0.384 e. The lowest BCUT2D eigenvalue weighted by Crippen LogP contribution is -2.10. The number of hydrogen-bond acceptors (Lipinski definition) is 6. The Morgan fingerprint density at radius 1 is 1.12 bits per heavy atom. The molecule has 0 N–H and O–H groups in total. The first-order valence-corrected chi connectivity index (χ1v) is 8.52. The second-order valence-electron chi connectivity index (χ2n) is 5.13. The Labute approximate surface area is 140 Å². The zero-order valence-electron chi connectivity index (χ0n) is 13.3. The molecule has 7 nitrogen and oxygen atoms in total. The van der Waals surface area contributed by atoms with Gasteiger partial charge in [0.1, 0.15) is 10.6 Å². The highest BCUT2D eigenvalue weighted by molar-refractivity contribution is 7.87. The lowest BCUT2D eigenvalue weighted by molar-refractivity contribution is -0.385. The SMILES string of the molecule is COCCc1ccc(OS(=O)(=O)c2ccc([N+](=O)[O-])c(C)c2)cc1. The van der Waals surface area contributed by atoms with Crippen LogP contribution in [-0.4, -0.2) is 27.1 Å². The molecule has 0 fully saturated rings. The third-order valence-electron chi connectivity index (χ3n) is 3.38. The van der Waals surface area contributed by atoms with E-state index in [0.717, 1.165) is 17.7 Å². The van der Waals surface area contributed by atoms with E-state index in [1.165, 1.54) is 13.0 Å². The second-order valence-corrected chi connectivity index (χ2v) is 6.68. The van der Waals surface area contributed by atoms with Gasteiger partial charge in [0.05, 0.1) is 11.5 Å². The number of rotatable bonds is 7. The van der Waals surface area contributed by atoms with Gasteiger partial charge in [0.15, 0.2) is 0 Å². The van der Waals surface area contributed by atoms with Crippen molar-refractivity contribution in [1.29, 1.82) is 0 Å². The molecule has 0 saturated heterocycles. The number of nitro benzene ring substituents is 1. The predicted octanol–water partition coefficient (Wildman–Crippen LogP) is 2.86. The van der Waals surface area contributed by atoms with Crippen molar-refractivity contribution in [1.82, 2.24) is 0 Å². The smallest absolute Gasteiger partial charge is 0.339 e. The maximum absolute atomic E-state index is 12.3. The third-order valence-corrected chi connectivity index (χ3v) is 4.62. The lowest BCUT2D eigenvalue weighted by atomic mass is 10.1. The molecule has 0 saturated carbocycles. The van der Waals surface area contributed by atoms with Gasteiger partial charge in [-0.15, -0.1) is 0 Å². The number of benzene rings is 2. The van der Waals surface area contributed by atoms with Crippen molar-refractivity contribution in [3.63, 3.8) is 0 Å². The molecular formula is C16H17NO6S. The molecule has 2 rings (SSSR count). The summed E-state index contributed by atoms with van der Waals surface area (Å²) >= 11 is 0. The van der Waals surface area contributed by atoms with Crippen LogP contribution >= 0.6 is 0 Å². The van der Waals surface area contributed by atoms with Crippen LogP contribution in [0.1, 0.15) is 11.1 Å². The fourth-order valence-electron chi connectivity index (χ4n) is 2.09. The summed E-state index contributed by atoms with van der Waals surface area (Å²) in [5.41, 5.74) is 1.10. The zero-order chi connectivity index (χ0) is 17.7. The molecule has 0 aliphatic heterocycles. The Morgan fingerprint density at radius 2 is 1.79 bits per heavy atom. The first-order valence-electron chi connectivity index (χ1n) is 7.11. The Bertz CT molecular complexity index is 830. The fraction of sp³-hybridized carbons (Fsp3) is 0.250. The van der Waals surface area contributed by atoms with Gasteiger partial charge in [0.25, 0.3) is 5.69 Å².